The standard InChI is InChI=1S/C12H11NO2/c1-9(14)8-10-4-2-3-5-11(10)12-13-6-7-15-12/h2-7H,8H2,1H3. The third-order valence-corrected chi connectivity index (χ3v) is 2.12. The number of rotatable bonds is 3. The van der Waals surface area contributed by atoms with Crippen LogP contribution in [0, 0.1) is 0 Å². The van der Waals surface area contributed by atoms with Crippen molar-refractivity contribution in [2.75, 3.05) is 0 Å². The molecule has 2 rings (SSSR count). The van der Waals surface area contributed by atoms with Crippen LogP contribution in [0.2, 0.25) is 0 Å². The molecule has 0 aliphatic heterocycles. The van der Waals surface area contributed by atoms with Gasteiger partial charge in [0.1, 0.15) is 12.0 Å². The van der Waals surface area contributed by atoms with Gasteiger partial charge in [0.15, 0.2) is 0 Å². The second kappa shape index (κ2) is 4.09. The van der Waals surface area contributed by atoms with Crippen molar-refractivity contribution in [3.8, 4) is 11.5 Å². The maximum absolute atomic E-state index is 11.1. The Morgan fingerprint density at radius 2 is 2.20 bits per heavy atom. The van der Waals surface area contributed by atoms with Gasteiger partial charge in [0, 0.05) is 12.0 Å². The van der Waals surface area contributed by atoms with Crippen molar-refractivity contribution in [1.29, 1.82) is 0 Å². The molecule has 0 saturated heterocycles. The van der Waals surface area contributed by atoms with Gasteiger partial charge in [0.2, 0.25) is 5.89 Å². The first-order valence-corrected chi connectivity index (χ1v) is 4.74. The van der Waals surface area contributed by atoms with Gasteiger partial charge in [-0.25, -0.2) is 4.98 Å². The lowest BCUT2D eigenvalue weighted by Crippen LogP contribution is -1.98. The molecule has 0 N–H and O–H groups in total. The molecular weight excluding hydrogens is 190 g/mol. The number of Topliss-reactive ketones (excluding diaryl/α,β-unsaturated/α-hetero) is 1. The molecule has 3 heteroatoms. The second-order valence-corrected chi connectivity index (χ2v) is 3.37. The molecule has 0 unspecified atom stereocenters. The highest BCUT2D eigenvalue weighted by molar-refractivity contribution is 5.80. The summed E-state index contributed by atoms with van der Waals surface area (Å²) >= 11 is 0. The minimum Gasteiger partial charge on any atom is -0.445 e. The van der Waals surface area contributed by atoms with Gasteiger partial charge in [-0.3, -0.25) is 4.79 Å². The molecule has 0 amide bonds. The third kappa shape index (κ3) is 2.13. The van der Waals surface area contributed by atoms with Crippen LogP contribution in [0.3, 0.4) is 0 Å². The Labute approximate surface area is 87.8 Å². The first kappa shape index (κ1) is 9.65. The van der Waals surface area contributed by atoms with E-state index in [0.29, 0.717) is 12.3 Å². The van der Waals surface area contributed by atoms with Crippen molar-refractivity contribution in [2.45, 2.75) is 13.3 Å². The molecule has 1 aromatic heterocycles. The molecular formula is C12H11NO2. The van der Waals surface area contributed by atoms with Gasteiger partial charge in [0.05, 0.1) is 6.20 Å². The van der Waals surface area contributed by atoms with E-state index < -0.39 is 0 Å². The van der Waals surface area contributed by atoms with Crippen molar-refractivity contribution in [2.24, 2.45) is 0 Å². The molecule has 2 aromatic rings. The van der Waals surface area contributed by atoms with Gasteiger partial charge in [0.25, 0.3) is 0 Å². The van der Waals surface area contributed by atoms with E-state index in [1.807, 2.05) is 24.3 Å². The van der Waals surface area contributed by atoms with Crippen LogP contribution in [0.15, 0.2) is 41.1 Å². The fraction of sp³-hybridized carbons (Fsp3) is 0.167. The van der Waals surface area contributed by atoms with E-state index in [4.69, 9.17) is 4.42 Å². The van der Waals surface area contributed by atoms with Crippen LogP contribution in [-0.2, 0) is 11.2 Å². The maximum atomic E-state index is 11.1. The summed E-state index contributed by atoms with van der Waals surface area (Å²) in [6, 6.07) is 7.64. The summed E-state index contributed by atoms with van der Waals surface area (Å²) in [5.41, 5.74) is 1.84. The number of benzene rings is 1. The molecule has 0 fully saturated rings. The predicted octanol–water partition coefficient (Wildman–Crippen LogP) is 2.47. The van der Waals surface area contributed by atoms with Crippen molar-refractivity contribution < 1.29 is 9.21 Å². The average Bonchev–Trinajstić information content (AvgIpc) is 2.70. The molecule has 0 aliphatic carbocycles. The van der Waals surface area contributed by atoms with E-state index >= 15 is 0 Å². The predicted molar refractivity (Wildman–Crippen MR) is 56.3 cm³/mol. The quantitative estimate of drug-likeness (QED) is 0.766. The number of oxazole rings is 1. The minimum atomic E-state index is 0.133. The number of carbonyl (C=O) groups is 1. The molecule has 0 atom stereocenters. The fourth-order valence-electron chi connectivity index (χ4n) is 1.51. The number of hydrogen-bond acceptors (Lipinski definition) is 3. The highest BCUT2D eigenvalue weighted by Crippen LogP contribution is 2.22. The van der Waals surface area contributed by atoms with Crippen LogP contribution in [0.1, 0.15) is 12.5 Å². The van der Waals surface area contributed by atoms with E-state index in [9.17, 15) is 4.79 Å². The van der Waals surface area contributed by atoms with E-state index in [1.54, 1.807) is 13.1 Å². The van der Waals surface area contributed by atoms with E-state index in [2.05, 4.69) is 4.98 Å². The maximum Gasteiger partial charge on any atom is 0.226 e. The van der Waals surface area contributed by atoms with Crippen LogP contribution in [0.4, 0.5) is 0 Å². The van der Waals surface area contributed by atoms with Crippen molar-refractivity contribution in [3.63, 3.8) is 0 Å². The topological polar surface area (TPSA) is 43.1 Å². The van der Waals surface area contributed by atoms with Gasteiger partial charge in [-0.05, 0) is 18.6 Å². The number of aromatic nitrogens is 1. The lowest BCUT2D eigenvalue weighted by molar-refractivity contribution is -0.116. The highest BCUT2D eigenvalue weighted by Gasteiger charge is 2.09. The van der Waals surface area contributed by atoms with Gasteiger partial charge in [-0.15, -0.1) is 0 Å². The Hall–Kier alpha value is -1.90. The molecule has 0 bridgehead atoms. The molecule has 0 radical (unpaired) electrons. The summed E-state index contributed by atoms with van der Waals surface area (Å²) in [6.45, 7) is 1.58. The van der Waals surface area contributed by atoms with Crippen molar-refractivity contribution in [1.82, 2.24) is 4.98 Å². The summed E-state index contributed by atoms with van der Waals surface area (Å²) in [7, 11) is 0. The monoisotopic (exact) mass is 201 g/mol. The van der Waals surface area contributed by atoms with Crippen LogP contribution in [-0.4, -0.2) is 10.8 Å². The van der Waals surface area contributed by atoms with Gasteiger partial charge >= 0.3 is 0 Å². The second-order valence-electron chi connectivity index (χ2n) is 3.37. The van der Waals surface area contributed by atoms with Crippen LogP contribution in [0.25, 0.3) is 11.5 Å². The molecule has 3 nitrogen and oxygen atoms in total. The number of hydrogen-bond donors (Lipinski definition) is 0. The lowest BCUT2D eigenvalue weighted by atomic mass is 10.0. The van der Waals surface area contributed by atoms with Gasteiger partial charge in [-0.2, -0.15) is 0 Å². The molecule has 1 heterocycles. The zero-order valence-corrected chi connectivity index (χ0v) is 8.43. The zero-order valence-electron chi connectivity index (χ0n) is 8.43. The molecule has 1 aromatic carbocycles. The minimum absolute atomic E-state index is 0.133. The summed E-state index contributed by atoms with van der Waals surface area (Å²) in [5, 5.41) is 0. The molecule has 0 aliphatic rings. The Kier molecular flexibility index (Phi) is 2.63. The van der Waals surface area contributed by atoms with E-state index in [-0.39, 0.29) is 5.78 Å². The summed E-state index contributed by atoms with van der Waals surface area (Å²) in [4.78, 5) is 15.2. The summed E-state index contributed by atoms with van der Waals surface area (Å²) in [5.74, 6) is 0.695. The SMILES string of the molecule is CC(=O)Cc1ccccc1-c1ncco1. The van der Waals surface area contributed by atoms with Gasteiger partial charge in [-0.1, -0.05) is 18.2 Å². The normalized spacial score (nSPS) is 10.2. The molecule has 0 saturated carbocycles. The summed E-state index contributed by atoms with van der Waals surface area (Å²) < 4.78 is 5.22. The lowest BCUT2D eigenvalue weighted by Gasteiger charge is -2.03. The molecule has 76 valence electrons. The smallest absolute Gasteiger partial charge is 0.226 e. The molecule has 0 spiro atoms. The van der Waals surface area contributed by atoms with E-state index in [0.717, 1.165) is 11.1 Å². The fourth-order valence-corrected chi connectivity index (χ4v) is 1.51. The van der Waals surface area contributed by atoms with E-state index in [1.165, 1.54) is 6.26 Å². The average molecular weight is 201 g/mol. The Bertz CT molecular complexity index is 460. The zero-order chi connectivity index (χ0) is 10.7. The third-order valence-electron chi connectivity index (χ3n) is 2.12. The first-order valence-electron chi connectivity index (χ1n) is 4.74. The van der Waals surface area contributed by atoms with Crippen LogP contribution in [0.5, 0.6) is 0 Å². The number of nitrogens with zero attached hydrogens (tertiary/aromatic N) is 1. The first-order chi connectivity index (χ1) is 7.27. The number of carbonyl (C=O) groups excluding carboxylic acids is 1. The largest absolute Gasteiger partial charge is 0.445 e. The Morgan fingerprint density at radius 1 is 1.40 bits per heavy atom. The van der Waals surface area contributed by atoms with Crippen LogP contribution < -0.4 is 0 Å². The summed E-state index contributed by atoms with van der Waals surface area (Å²) in [6.07, 6.45) is 3.54. The molecule has 15 heavy (non-hydrogen) atoms. The van der Waals surface area contributed by atoms with Gasteiger partial charge < -0.3 is 4.42 Å². The van der Waals surface area contributed by atoms with Crippen LogP contribution >= 0.6 is 0 Å². The Morgan fingerprint density at radius 3 is 2.87 bits per heavy atom. The highest BCUT2D eigenvalue weighted by atomic mass is 16.3. The number of ketones is 1. The Balaban J connectivity index is 2.42. The van der Waals surface area contributed by atoms with Crippen molar-refractivity contribution >= 4 is 5.78 Å². The van der Waals surface area contributed by atoms with Crippen molar-refractivity contribution in [3.05, 3.63) is 42.3 Å².